The SMILES string of the molecule is C[I-]N1C(=O)c2ccc(-c3ccc4c(c3)C(=O)N(C3CCCCC3)C4=O)cc2C1=O. The van der Waals surface area contributed by atoms with Crippen LogP contribution in [0.5, 0.6) is 0 Å². The second kappa shape index (κ2) is 7.30. The molecule has 154 valence electrons. The van der Waals surface area contributed by atoms with Gasteiger partial charge < -0.3 is 0 Å². The number of amides is 4. The number of halogens is 1. The van der Waals surface area contributed by atoms with Gasteiger partial charge in [0.05, 0.1) is 0 Å². The van der Waals surface area contributed by atoms with Crippen molar-refractivity contribution in [1.29, 1.82) is 0 Å². The van der Waals surface area contributed by atoms with Gasteiger partial charge in [0, 0.05) is 0 Å². The predicted octanol–water partition coefficient (Wildman–Crippen LogP) is 0.512. The van der Waals surface area contributed by atoms with Crippen molar-refractivity contribution in [2.45, 2.75) is 38.1 Å². The molecule has 0 bridgehead atoms. The van der Waals surface area contributed by atoms with E-state index in [1.807, 2.05) is 11.0 Å². The number of alkyl halides is 1. The van der Waals surface area contributed by atoms with E-state index in [1.165, 1.54) is 8.01 Å². The van der Waals surface area contributed by atoms with E-state index in [0.717, 1.165) is 43.2 Å². The van der Waals surface area contributed by atoms with E-state index < -0.39 is 21.5 Å². The number of hydrogen-bond acceptors (Lipinski definition) is 4. The Hall–Kier alpha value is -2.55. The number of benzene rings is 2. The van der Waals surface area contributed by atoms with E-state index in [-0.39, 0.29) is 29.7 Å². The maximum absolute atomic E-state index is 13.1. The second-order valence-electron chi connectivity index (χ2n) is 7.85. The van der Waals surface area contributed by atoms with Crippen molar-refractivity contribution in [2.24, 2.45) is 0 Å². The Balaban J connectivity index is 1.50. The molecule has 4 amide bonds. The molecule has 6 nitrogen and oxygen atoms in total. The quantitative estimate of drug-likeness (QED) is 0.259. The van der Waals surface area contributed by atoms with E-state index in [9.17, 15) is 19.2 Å². The van der Waals surface area contributed by atoms with Crippen molar-refractivity contribution in [3.63, 3.8) is 0 Å². The first-order chi connectivity index (χ1) is 14.5. The molecule has 0 spiro atoms. The monoisotopic (exact) mass is 515 g/mol. The fourth-order valence-corrected chi connectivity index (χ4v) is 6.05. The van der Waals surface area contributed by atoms with Crippen LogP contribution in [0, 0.1) is 0 Å². The normalized spacial score (nSPS) is 19.1. The van der Waals surface area contributed by atoms with Crippen LogP contribution in [0.2, 0.25) is 0 Å². The van der Waals surface area contributed by atoms with Gasteiger partial charge in [-0.2, -0.15) is 0 Å². The number of rotatable bonds is 3. The minimum atomic E-state index is -0.671. The first-order valence-corrected chi connectivity index (χ1v) is 13.2. The van der Waals surface area contributed by atoms with Crippen LogP contribution >= 0.6 is 0 Å². The van der Waals surface area contributed by atoms with Crippen molar-refractivity contribution >= 4 is 23.6 Å². The summed E-state index contributed by atoms with van der Waals surface area (Å²) in [6.45, 7) is 0. The van der Waals surface area contributed by atoms with Gasteiger partial charge in [-0.1, -0.05) is 19.3 Å². The Morgan fingerprint density at radius 2 is 1.20 bits per heavy atom. The molecule has 0 radical (unpaired) electrons. The molecule has 1 saturated carbocycles. The van der Waals surface area contributed by atoms with Crippen LogP contribution < -0.4 is 21.5 Å². The fourth-order valence-electron chi connectivity index (χ4n) is 4.65. The molecule has 3 aliphatic rings. The molecule has 1 fully saturated rings. The van der Waals surface area contributed by atoms with Crippen LogP contribution in [0.15, 0.2) is 36.4 Å². The molecule has 30 heavy (non-hydrogen) atoms. The van der Waals surface area contributed by atoms with Gasteiger partial charge in [-0.15, -0.1) is 0 Å². The summed E-state index contributed by atoms with van der Waals surface area (Å²) in [5.41, 5.74) is 3.22. The van der Waals surface area contributed by atoms with Gasteiger partial charge in [0.15, 0.2) is 0 Å². The molecule has 2 heterocycles. The molecule has 2 aromatic carbocycles. The number of carbonyl (C=O) groups excluding carboxylic acids is 4. The summed E-state index contributed by atoms with van der Waals surface area (Å²) in [5.74, 6) is -0.901. The van der Waals surface area contributed by atoms with Gasteiger partial charge in [0.25, 0.3) is 0 Å². The molecule has 7 heteroatoms. The number of carbonyl (C=O) groups is 4. The molecule has 2 aromatic rings. The molecule has 0 N–H and O–H groups in total. The van der Waals surface area contributed by atoms with Crippen molar-refractivity contribution in [3.8, 4) is 11.1 Å². The molecule has 0 atom stereocenters. The van der Waals surface area contributed by atoms with Gasteiger partial charge in [-0.25, -0.2) is 0 Å². The minimum absolute atomic E-state index is 0.0124. The van der Waals surface area contributed by atoms with E-state index >= 15 is 0 Å². The zero-order chi connectivity index (χ0) is 21.0. The third-order valence-electron chi connectivity index (χ3n) is 6.20. The first-order valence-electron chi connectivity index (χ1n) is 10.1. The van der Waals surface area contributed by atoms with Crippen LogP contribution in [0.4, 0.5) is 0 Å². The summed E-state index contributed by atoms with van der Waals surface area (Å²) in [7, 11) is 0. The molecular formula is C23H20IN2O4-. The average molecular weight is 515 g/mol. The third-order valence-corrected chi connectivity index (χ3v) is 8.04. The Morgan fingerprint density at radius 1 is 0.700 bits per heavy atom. The van der Waals surface area contributed by atoms with E-state index in [2.05, 4.69) is 0 Å². The van der Waals surface area contributed by atoms with Crippen molar-refractivity contribution in [1.82, 2.24) is 8.01 Å². The number of fused-ring (bicyclic) bond motifs is 2. The van der Waals surface area contributed by atoms with Crippen LogP contribution in [0.1, 0.15) is 73.5 Å². The first kappa shape index (κ1) is 19.4. The zero-order valence-electron chi connectivity index (χ0n) is 16.5. The Kier molecular flexibility index (Phi) is 4.72. The fraction of sp³-hybridized carbons (Fsp3) is 0.304. The number of imide groups is 2. The van der Waals surface area contributed by atoms with Gasteiger partial charge in [-0.3, -0.25) is 0 Å². The zero-order valence-corrected chi connectivity index (χ0v) is 18.6. The van der Waals surface area contributed by atoms with E-state index in [4.69, 9.17) is 0 Å². The molecular weight excluding hydrogens is 495 g/mol. The Labute approximate surface area is 184 Å². The molecule has 0 aromatic heterocycles. The summed E-state index contributed by atoms with van der Waals surface area (Å²) in [5, 5.41) is 0. The summed E-state index contributed by atoms with van der Waals surface area (Å²) in [6, 6.07) is 10.4. The molecule has 2 aliphatic heterocycles. The van der Waals surface area contributed by atoms with Crippen molar-refractivity contribution in [2.75, 3.05) is 4.93 Å². The van der Waals surface area contributed by atoms with Crippen LogP contribution in [0.3, 0.4) is 0 Å². The summed E-state index contributed by atoms with van der Waals surface area (Å²) in [4.78, 5) is 54.2. The molecule has 1 aliphatic carbocycles. The molecule has 5 rings (SSSR count). The van der Waals surface area contributed by atoms with Crippen LogP contribution in [0.25, 0.3) is 11.1 Å². The van der Waals surface area contributed by atoms with Crippen LogP contribution in [-0.4, -0.2) is 42.6 Å². The van der Waals surface area contributed by atoms with E-state index in [1.54, 1.807) is 30.3 Å². The van der Waals surface area contributed by atoms with Gasteiger partial charge >= 0.3 is 166 Å². The van der Waals surface area contributed by atoms with E-state index in [0.29, 0.717) is 22.3 Å². The molecule has 0 saturated heterocycles. The van der Waals surface area contributed by atoms with Gasteiger partial charge in [0.2, 0.25) is 0 Å². The summed E-state index contributed by atoms with van der Waals surface area (Å²) >= 11 is -0.671. The average Bonchev–Trinajstić information content (AvgIpc) is 3.17. The second-order valence-corrected chi connectivity index (χ2v) is 9.78. The predicted molar refractivity (Wildman–Crippen MR) is 106 cm³/mol. The number of nitrogens with zero attached hydrogens (tertiary/aromatic N) is 2. The number of hydrogen-bond donors (Lipinski definition) is 0. The van der Waals surface area contributed by atoms with Crippen molar-refractivity contribution in [3.05, 3.63) is 58.7 Å². The summed E-state index contributed by atoms with van der Waals surface area (Å²) < 4.78 is 1.33. The topological polar surface area (TPSA) is 74.8 Å². The summed E-state index contributed by atoms with van der Waals surface area (Å²) in [6.07, 6.45) is 4.98. The van der Waals surface area contributed by atoms with Crippen molar-refractivity contribution < 1.29 is 40.7 Å². The van der Waals surface area contributed by atoms with Gasteiger partial charge in [-0.05, 0) is 0 Å². The molecule has 0 unspecified atom stereocenters. The van der Waals surface area contributed by atoms with Gasteiger partial charge in [0.1, 0.15) is 0 Å². The van der Waals surface area contributed by atoms with Crippen LogP contribution in [-0.2, 0) is 0 Å². The third kappa shape index (κ3) is 2.82. The Bertz CT molecular complexity index is 1120. The maximum atomic E-state index is 13.1. The standard InChI is InChI=1S/C23H20IN2O4/c1-24-26-22(29)17-10-8-14(12-19(17)23(26)30)13-7-9-16-18(11-13)21(28)25(20(16)27)15-5-3-2-4-6-15/h7-12,15H,2-6H2,1H3/q-1. The Morgan fingerprint density at radius 3 is 1.80 bits per heavy atom.